The molecule has 0 aromatic carbocycles. The zero-order valence-corrected chi connectivity index (χ0v) is 7.06. The maximum Gasteiger partial charge on any atom is 0.255 e. The highest BCUT2D eigenvalue weighted by atomic mass is 19.3. The highest BCUT2D eigenvalue weighted by molar-refractivity contribution is 5.81. The lowest BCUT2D eigenvalue weighted by atomic mass is 10.3. The largest absolute Gasteiger partial charge is 0.366 e. The third-order valence-corrected chi connectivity index (χ3v) is 1.65. The molecule has 0 radical (unpaired) electrons. The van der Waals surface area contributed by atoms with Gasteiger partial charge in [0.2, 0.25) is 0 Å². The minimum absolute atomic E-state index is 0.384. The van der Waals surface area contributed by atoms with Crippen LogP contribution in [0, 0.1) is 0 Å². The van der Waals surface area contributed by atoms with Crippen LogP contribution in [0.4, 0.5) is 8.78 Å². The first-order chi connectivity index (χ1) is 6.20. The highest BCUT2D eigenvalue weighted by Gasteiger charge is 2.21. The lowest BCUT2D eigenvalue weighted by molar-refractivity contribution is -0.134. The van der Waals surface area contributed by atoms with E-state index in [9.17, 15) is 13.6 Å². The zero-order valence-electron chi connectivity index (χ0n) is 7.06. The lowest BCUT2D eigenvalue weighted by Gasteiger charge is -2.22. The number of hydrogen-bond donors (Lipinski definition) is 2. The van der Waals surface area contributed by atoms with Crippen molar-refractivity contribution in [3.05, 3.63) is 0 Å². The second kappa shape index (κ2) is 5.08. The Labute approximate surface area is 74.6 Å². The molecule has 0 aliphatic carbocycles. The summed E-state index contributed by atoms with van der Waals surface area (Å²) in [5.74, 6) is -0.479. The standard InChI is InChI=1S/C7H12F2N2O2/c8-6(9)4-11-7(12)5-3-10-1-2-13-5/h5-6,10H,1-4H2,(H,11,12). The summed E-state index contributed by atoms with van der Waals surface area (Å²) in [6.07, 6.45) is -3.15. The third-order valence-electron chi connectivity index (χ3n) is 1.65. The van der Waals surface area contributed by atoms with E-state index in [-0.39, 0.29) is 0 Å². The van der Waals surface area contributed by atoms with Crippen molar-refractivity contribution in [3.8, 4) is 0 Å². The Morgan fingerprint density at radius 3 is 3.00 bits per heavy atom. The predicted molar refractivity (Wildman–Crippen MR) is 41.6 cm³/mol. The number of hydrogen-bond acceptors (Lipinski definition) is 3. The monoisotopic (exact) mass is 194 g/mol. The van der Waals surface area contributed by atoms with Gasteiger partial charge in [0.1, 0.15) is 6.10 Å². The summed E-state index contributed by atoms with van der Waals surface area (Å²) in [5.41, 5.74) is 0. The third kappa shape index (κ3) is 3.65. The second-order valence-electron chi connectivity index (χ2n) is 2.70. The number of halogens is 2. The van der Waals surface area contributed by atoms with E-state index in [1.165, 1.54) is 0 Å². The van der Waals surface area contributed by atoms with E-state index in [4.69, 9.17) is 4.74 Å². The number of carbonyl (C=O) groups excluding carboxylic acids is 1. The molecular formula is C7H12F2N2O2. The molecule has 0 aromatic rings. The Morgan fingerprint density at radius 1 is 1.69 bits per heavy atom. The van der Waals surface area contributed by atoms with Gasteiger partial charge in [0.05, 0.1) is 13.2 Å². The van der Waals surface area contributed by atoms with Gasteiger partial charge < -0.3 is 15.4 Å². The Morgan fingerprint density at radius 2 is 2.46 bits per heavy atom. The molecule has 4 nitrogen and oxygen atoms in total. The Hall–Kier alpha value is -0.750. The van der Waals surface area contributed by atoms with Crippen molar-refractivity contribution in [2.45, 2.75) is 12.5 Å². The summed E-state index contributed by atoms with van der Waals surface area (Å²) >= 11 is 0. The van der Waals surface area contributed by atoms with Crippen molar-refractivity contribution in [3.63, 3.8) is 0 Å². The van der Waals surface area contributed by atoms with E-state index < -0.39 is 25.0 Å². The quantitative estimate of drug-likeness (QED) is 0.628. The number of morpholine rings is 1. The summed E-state index contributed by atoms with van der Waals surface area (Å²) in [4.78, 5) is 11.1. The molecule has 1 unspecified atom stereocenters. The molecule has 1 fully saturated rings. The van der Waals surface area contributed by atoms with E-state index in [2.05, 4.69) is 10.6 Å². The summed E-state index contributed by atoms with van der Waals surface area (Å²) in [6, 6.07) is 0. The summed E-state index contributed by atoms with van der Waals surface area (Å²) in [6.45, 7) is 0.902. The van der Waals surface area contributed by atoms with Crippen LogP contribution in [0.3, 0.4) is 0 Å². The van der Waals surface area contributed by atoms with Crippen LogP contribution in [0.25, 0.3) is 0 Å². The van der Waals surface area contributed by atoms with Crippen molar-refractivity contribution in [2.24, 2.45) is 0 Å². The predicted octanol–water partition coefficient (Wildman–Crippen LogP) is -0.644. The first kappa shape index (κ1) is 10.3. The average molecular weight is 194 g/mol. The molecule has 0 bridgehead atoms. The number of amides is 1. The first-order valence-corrected chi connectivity index (χ1v) is 4.08. The number of nitrogens with one attached hydrogen (secondary N) is 2. The van der Waals surface area contributed by atoms with Gasteiger partial charge >= 0.3 is 0 Å². The van der Waals surface area contributed by atoms with Gasteiger partial charge in [0.25, 0.3) is 12.3 Å². The van der Waals surface area contributed by atoms with E-state index in [1.807, 2.05) is 0 Å². The van der Waals surface area contributed by atoms with Gasteiger partial charge in [-0.15, -0.1) is 0 Å². The molecular weight excluding hydrogens is 182 g/mol. The van der Waals surface area contributed by atoms with Gasteiger partial charge in [-0.3, -0.25) is 4.79 Å². The van der Waals surface area contributed by atoms with E-state index >= 15 is 0 Å². The molecule has 1 rings (SSSR count). The Bertz CT molecular complexity index is 172. The van der Waals surface area contributed by atoms with Crippen LogP contribution in [-0.4, -0.2) is 44.7 Å². The van der Waals surface area contributed by atoms with Crippen LogP contribution in [-0.2, 0) is 9.53 Å². The van der Waals surface area contributed by atoms with Crippen LogP contribution in [0.5, 0.6) is 0 Å². The van der Waals surface area contributed by atoms with Crippen LogP contribution in [0.15, 0.2) is 0 Å². The van der Waals surface area contributed by atoms with Crippen LogP contribution in [0.1, 0.15) is 0 Å². The van der Waals surface area contributed by atoms with Crippen molar-refractivity contribution in [2.75, 3.05) is 26.2 Å². The van der Waals surface area contributed by atoms with E-state index in [0.29, 0.717) is 19.7 Å². The fourth-order valence-electron chi connectivity index (χ4n) is 1.03. The lowest BCUT2D eigenvalue weighted by Crippen LogP contribution is -2.48. The zero-order chi connectivity index (χ0) is 9.68. The number of ether oxygens (including phenoxy) is 1. The topological polar surface area (TPSA) is 50.4 Å². The summed E-state index contributed by atoms with van der Waals surface area (Å²) < 4.78 is 28.4. The second-order valence-corrected chi connectivity index (χ2v) is 2.70. The molecule has 1 amide bonds. The van der Waals surface area contributed by atoms with Crippen molar-refractivity contribution >= 4 is 5.91 Å². The van der Waals surface area contributed by atoms with Gasteiger partial charge in [-0.25, -0.2) is 8.78 Å². The Balaban J connectivity index is 2.21. The molecule has 1 aliphatic heterocycles. The minimum atomic E-state index is -2.51. The molecule has 1 atom stereocenters. The Kier molecular flexibility index (Phi) is 4.04. The smallest absolute Gasteiger partial charge is 0.255 e. The van der Waals surface area contributed by atoms with Crippen molar-refractivity contribution < 1.29 is 18.3 Å². The number of rotatable bonds is 3. The SMILES string of the molecule is O=C(NCC(F)F)C1CNCCO1. The van der Waals surface area contributed by atoms with Crippen LogP contribution in [0.2, 0.25) is 0 Å². The van der Waals surface area contributed by atoms with Crippen molar-refractivity contribution in [1.82, 2.24) is 10.6 Å². The number of alkyl halides is 2. The molecule has 2 N–H and O–H groups in total. The average Bonchev–Trinajstić information content (AvgIpc) is 2.15. The molecule has 76 valence electrons. The van der Waals surface area contributed by atoms with Crippen molar-refractivity contribution in [1.29, 1.82) is 0 Å². The van der Waals surface area contributed by atoms with Crippen LogP contribution < -0.4 is 10.6 Å². The summed E-state index contributed by atoms with van der Waals surface area (Å²) in [7, 11) is 0. The molecule has 13 heavy (non-hydrogen) atoms. The fraction of sp³-hybridized carbons (Fsp3) is 0.857. The minimum Gasteiger partial charge on any atom is -0.366 e. The molecule has 0 spiro atoms. The molecule has 0 saturated carbocycles. The van der Waals surface area contributed by atoms with Gasteiger partial charge in [-0.05, 0) is 0 Å². The van der Waals surface area contributed by atoms with Crippen LogP contribution >= 0.6 is 0 Å². The van der Waals surface area contributed by atoms with Gasteiger partial charge in [-0.1, -0.05) is 0 Å². The van der Waals surface area contributed by atoms with E-state index in [1.54, 1.807) is 0 Å². The van der Waals surface area contributed by atoms with Gasteiger partial charge in [0, 0.05) is 13.1 Å². The first-order valence-electron chi connectivity index (χ1n) is 4.08. The molecule has 0 aromatic heterocycles. The summed E-state index contributed by atoms with van der Waals surface area (Å²) in [5, 5.41) is 5.03. The maximum absolute atomic E-state index is 11.7. The highest BCUT2D eigenvalue weighted by Crippen LogP contribution is 1.96. The maximum atomic E-state index is 11.7. The number of carbonyl (C=O) groups is 1. The molecule has 1 heterocycles. The van der Waals surface area contributed by atoms with Gasteiger partial charge in [-0.2, -0.15) is 0 Å². The molecule has 1 aliphatic rings. The fourth-order valence-corrected chi connectivity index (χ4v) is 1.03. The van der Waals surface area contributed by atoms with Gasteiger partial charge in [0.15, 0.2) is 0 Å². The normalized spacial score (nSPS) is 23.2. The van der Waals surface area contributed by atoms with E-state index in [0.717, 1.165) is 0 Å². The molecule has 6 heteroatoms. The molecule has 1 saturated heterocycles.